The fourth-order valence-corrected chi connectivity index (χ4v) is 2.41. The molecule has 2 rings (SSSR count). The second kappa shape index (κ2) is 6.02. The van der Waals surface area contributed by atoms with Crippen LogP contribution in [0.2, 0.25) is 0 Å². The number of hydrogen-bond donors (Lipinski definition) is 1. The van der Waals surface area contributed by atoms with E-state index in [0.717, 1.165) is 17.5 Å². The zero-order chi connectivity index (χ0) is 14.6. The topological polar surface area (TPSA) is 43.1 Å². The van der Waals surface area contributed by atoms with Crippen molar-refractivity contribution in [1.29, 1.82) is 0 Å². The molecule has 0 amide bonds. The van der Waals surface area contributed by atoms with E-state index in [9.17, 15) is 4.79 Å². The van der Waals surface area contributed by atoms with E-state index in [0.29, 0.717) is 12.0 Å². The van der Waals surface area contributed by atoms with Crippen LogP contribution in [0.4, 0.5) is 0 Å². The van der Waals surface area contributed by atoms with E-state index in [2.05, 4.69) is 12.1 Å². The lowest BCUT2D eigenvalue weighted by molar-refractivity contribution is 0.0893. The minimum absolute atomic E-state index is 0.0129. The molecule has 104 valence electrons. The van der Waals surface area contributed by atoms with Crippen molar-refractivity contribution in [3.63, 3.8) is 0 Å². The zero-order valence-electron chi connectivity index (χ0n) is 12.1. The highest BCUT2D eigenvalue weighted by Crippen LogP contribution is 2.22. The van der Waals surface area contributed by atoms with Gasteiger partial charge >= 0.3 is 0 Å². The molecule has 0 aromatic heterocycles. The molecule has 0 saturated heterocycles. The van der Waals surface area contributed by atoms with Crippen molar-refractivity contribution in [2.24, 2.45) is 5.73 Å². The van der Waals surface area contributed by atoms with E-state index >= 15 is 0 Å². The number of carbonyl (C=O) groups excluding carboxylic acids is 1. The van der Waals surface area contributed by atoms with Crippen LogP contribution >= 0.6 is 0 Å². The Labute approximate surface area is 120 Å². The first-order valence-corrected chi connectivity index (χ1v) is 7.04. The molecule has 2 aromatic rings. The number of hydrogen-bond acceptors (Lipinski definition) is 2. The van der Waals surface area contributed by atoms with Crippen LogP contribution in [0.25, 0.3) is 11.1 Å². The molecule has 0 aliphatic heterocycles. The monoisotopic (exact) mass is 267 g/mol. The molecule has 0 heterocycles. The molecule has 20 heavy (non-hydrogen) atoms. The van der Waals surface area contributed by atoms with Crippen LogP contribution < -0.4 is 5.73 Å². The quantitative estimate of drug-likeness (QED) is 0.830. The number of carbonyl (C=O) groups is 1. The third-order valence-corrected chi connectivity index (χ3v) is 3.54. The second-order valence-corrected chi connectivity index (χ2v) is 5.44. The van der Waals surface area contributed by atoms with Crippen molar-refractivity contribution < 1.29 is 4.79 Å². The Hall–Kier alpha value is -1.93. The number of benzene rings is 2. The van der Waals surface area contributed by atoms with E-state index < -0.39 is 5.54 Å². The smallest absolute Gasteiger partial charge is 0.182 e. The lowest BCUT2D eigenvalue weighted by atomic mass is 9.87. The predicted molar refractivity (Wildman–Crippen MR) is 83.7 cm³/mol. The summed E-state index contributed by atoms with van der Waals surface area (Å²) in [4.78, 5) is 12.4. The van der Waals surface area contributed by atoms with Gasteiger partial charge in [-0.15, -0.1) is 0 Å². The molecule has 1 atom stereocenters. The summed E-state index contributed by atoms with van der Waals surface area (Å²) in [5.74, 6) is 0.0129. The second-order valence-electron chi connectivity index (χ2n) is 5.44. The molecule has 1 unspecified atom stereocenters. The summed E-state index contributed by atoms with van der Waals surface area (Å²) in [5, 5.41) is 0. The normalized spacial score (nSPS) is 13.8. The molecule has 0 aliphatic carbocycles. The van der Waals surface area contributed by atoms with E-state index in [4.69, 9.17) is 5.73 Å². The summed E-state index contributed by atoms with van der Waals surface area (Å²) in [6.45, 7) is 3.85. The molecule has 0 bridgehead atoms. The molecule has 0 radical (unpaired) electrons. The van der Waals surface area contributed by atoms with Crippen LogP contribution in [0.3, 0.4) is 0 Å². The first-order chi connectivity index (χ1) is 9.54. The van der Waals surface area contributed by atoms with Crippen LogP contribution in [0, 0.1) is 0 Å². The lowest BCUT2D eigenvalue weighted by Crippen LogP contribution is -2.44. The summed E-state index contributed by atoms with van der Waals surface area (Å²) in [6.07, 6.45) is 1.60. The SMILES string of the molecule is CCCC(C)(N)C(=O)c1ccc(-c2ccccc2)cc1. The summed E-state index contributed by atoms with van der Waals surface area (Å²) in [7, 11) is 0. The summed E-state index contributed by atoms with van der Waals surface area (Å²) >= 11 is 0. The van der Waals surface area contributed by atoms with Gasteiger partial charge in [0.05, 0.1) is 5.54 Å². The highest BCUT2D eigenvalue weighted by Gasteiger charge is 2.27. The van der Waals surface area contributed by atoms with Crippen LogP contribution in [-0.4, -0.2) is 11.3 Å². The Balaban J connectivity index is 2.23. The maximum absolute atomic E-state index is 12.4. The third kappa shape index (κ3) is 3.14. The van der Waals surface area contributed by atoms with Crippen LogP contribution in [-0.2, 0) is 0 Å². The Morgan fingerprint density at radius 2 is 1.55 bits per heavy atom. The Bertz CT molecular complexity index is 570. The number of rotatable bonds is 5. The van der Waals surface area contributed by atoms with Crippen molar-refractivity contribution in [2.45, 2.75) is 32.2 Å². The zero-order valence-corrected chi connectivity index (χ0v) is 12.1. The van der Waals surface area contributed by atoms with Gasteiger partial charge in [-0.3, -0.25) is 4.79 Å². The van der Waals surface area contributed by atoms with E-state index in [1.165, 1.54) is 0 Å². The largest absolute Gasteiger partial charge is 0.319 e. The highest BCUT2D eigenvalue weighted by molar-refractivity contribution is 6.03. The van der Waals surface area contributed by atoms with Gasteiger partial charge in [0.15, 0.2) is 5.78 Å². The van der Waals surface area contributed by atoms with Gasteiger partial charge in [0.1, 0.15) is 0 Å². The van der Waals surface area contributed by atoms with E-state index in [-0.39, 0.29) is 5.78 Å². The highest BCUT2D eigenvalue weighted by atomic mass is 16.1. The Kier molecular flexibility index (Phi) is 4.35. The molecule has 2 nitrogen and oxygen atoms in total. The van der Waals surface area contributed by atoms with Gasteiger partial charge in [-0.1, -0.05) is 67.9 Å². The minimum Gasteiger partial charge on any atom is -0.319 e. The summed E-state index contributed by atoms with van der Waals surface area (Å²) in [5.41, 5.74) is 8.27. The summed E-state index contributed by atoms with van der Waals surface area (Å²) < 4.78 is 0. The number of Topliss-reactive ketones (excluding diaryl/α,β-unsaturated/α-hetero) is 1. The third-order valence-electron chi connectivity index (χ3n) is 3.54. The average molecular weight is 267 g/mol. The maximum Gasteiger partial charge on any atom is 0.182 e. The van der Waals surface area contributed by atoms with Crippen molar-refractivity contribution in [1.82, 2.24) is 0 Å². The lowest BCUT2D eigenvalue weighted by Gasteiger charge is -2.22. The fourth-order valence-electron chi connectivity index (χ4n) is 2.41. The molecular weight excluding hydrogens is 246 g/mol. The minimum atomic E-state index is -0.775. The van der Waals surface area contributed by atoms with Crippen molar-refractivity contribution in [3.05, 3.63) is 60.2 Å². The van der Waals surface area contributed by atoms with Gasteiger partial charge in [-0.25, -0.2) is 0 Å². The molecule has 2 aromatic carbocycles. The number of nitrogens with two attached hydrogens (primary N) is 1. The maximum atomic E-state index is 12.4. The molecular formula is C18H21NO. The summed E-state index contributed by atoms with van der Waals surface area (Å²) in [6, 6.07) is 17.8. The molecule has 2 N–H and O–H groups in total. The molecule has 2 heteroatoms. The van der Waals surface area contributed by atoms with Crippen LogP contribution in [0.15, 0.2) is 54.6 Å². The Morgan fingerprint density at radius 1 is 1.00 bits per heavy atom. The predicted octanol–water partition coefficient (Wildman–Crippen LogP) is 4.05. The van der Waals surface area contributed by atoms with Gasteiger partial charge in [0.25, 0.3) is 0 Å². The molecule has 0 saturated carbocycles. The first-order valence-electron chi connectivity index (χ1n) is 7.04. The van der Waals surface area contributed by atoms with Crippen molar-refractivity contribution in [2.75, 3.05) is 0 Å². The average Bonchev–Trinajstić information content (AvgIpc) is 2.47. The molecule has 0 fully saturated rings. The van der Waals surface area contributed by atoms with Gasteiger partial charge in [-0.05, 0) is 24.5 Å². The fraction of sp³-hybridized carbons (Fsp3) is 0.278. The van der Waals surface area contributed by atoms with Gasteiger partial charge in [0.2, 0.25) is 0 Å². The molecule has 0 spiro atoms. The standard InChI is InChI=1S/C18H21NO/c1-3-13-18(2,19)17(20)16-11-9-15(10-12-16)14-7-5-4-6-8-14/h4-12H,3,13,19H2,1-2H3. The van der Waals surface area contributed by atoms with Gasteiger partial charge in [-0.2, -0.15) is 0 Å². The first kappa shape index (κ1) is 14.5. The van der Waals surface area contributed by atoms with Crippen molar-refractivity contribution in [3.8, 4) is 11.1 Å². The van der Waals surface area contributed by atoms with E-state index in [1.54, 1.807) is 0 Å². The van der Waals surface area contributed by atoms with E-state index in [1.807, 2.05) is 56.3 Å². The number of ketones is 1. The van der Waals surface area contributed by atoms with Crippen LogP contribution in [0.1, 0.15) is 37.0 Å². The Morgan fingerprint density at radius 3 is 2.10 bits per heavy atom. The molecule has 0 aliphatic rings. The van der Waals surface area contributed by atoms with Crippen molar-refractivity contribution >= 4 is 5.78 Å². The van der Waals surface area contributed by atoms with Crippen LogP contribution in [0.5, 0.6) is 0 Å². The van der Waals surface area contributed by atoms with Gasteiger partial charge in [0, 0.05) is 5.56 Å². The van der Waals surface area contributed by atoms with Gasteiger partial charge < -0.3 is 5.73 Å².